The Kier molecular flexibility index (Phi) is 5.65. The van der Waals surface area contributed by atoms with Crippen molar-refractivity contribution in [1.82, 2.24) is 4.90 Å². The van der Waals surface area contributed by atoms with Gasteiger partial charge in [-0.25, -0.2) is 0 Å². The highest BCUT2D eigenvalue weighted by molar-refractivity contribution is 7.91. The summed E-state index contributed by atoms with van der Waals surface area (Å²) in [7, 11) is -3.86. The SMILES string of the molecule is Cc1ccc2cccc(C(=O)N3CCCC[C@@H]3COc3cccc4c3C(N)=NS(=O)(=O)N4)c2c1. The van der Waals surface area contributed by atoms with E-state index < -0.39 is 10.2 Å². The molecule has 176 valence electrons. The predicted molar refractivity (Wildman–Crippen MR) is 133 cm³/mol. The van der Waals surface area contributed by atoms with Crippen LogP contribution in [0.4, 0.5) is 5.69 Å². The number of carbonyl (C=O) groups excluding carboxylic acids is 1. The molecule has 0 saturated carbocycles. The van der Waals surface area contributed by atoms with Crippen molar-refractivity contribution >= 4 is 38.4 Å². The molecule has 2 aliphatic rings. The van der Waals surface area contributed by atoms with Crippen molar-refractivity contribution in [3.63, 3.8) is 0 Å². The zero-order valence-corrected chi connectivity index (χ0v) is 19.6. The molecule has 0 radical (unpaired) electrons. The largest absolute Gasteiger partial charge is 0.491 e. The smallest absolute Gasteiger partial charge is 0.344 e. The van der Waals surface area contributed by atoms with Crippen molar-refractivity contribution in [3.8, 4) is 5.75 Å². The van der Waals surface area contributed by atoms with E-state index in [9.17, 15) is 13.2 Å². The number of nitrogens with two attached hydrogens (primary N) is 1. The molecule has 8 nitrogen and oxygen atoms in total. The summed E-state index contributed by atoms with van der Waals surface area (Å²) in [6.07, 6.45) is 2.76. The zero-order valence-electron chi connectivity index (χ0n) is 18.8. The topological polar surface area (TPSA) is 114 Å². The lowest BCUT2D eigenvalue weighted by Crippen LogP contribution is -2.46. The second-order valence-corrected chi connectivity index (χ2v) is 10.1. The fourth-order valence-corrected chi connectivity index (χ4v) is 5.54. The number of nitrogens with zero attached hydrogens (tertiary/aromatic N) is 2. The minimum atomic E-state index is -3.86. The maximum atomic E-state index is 13.7. The second-order valence-electron chi connectivity index (χ2n) is 8.72. The fourth-order valence-electron chi connectivity index (χ4n) is 4.69. The Bertz CT molecular complexity index is 1420. The maximum Gasteiger partial charge on any atom is 0.344 e. The molecule has 2 heterocycles. The van der Waals surface area contributed by atoms with Gasteiger partial charge in [0.25, 0.3) is 5.91 Å². The lowest BCUT2D eigenvalue weighted by Gasteiger charge is -2.36. The average molecular weight is 479 g/mol. The number of anilines is 1. The van der Waals surface area contributed by atoms with Gasteiger partial charge in [-0.1, -0.05) is 42.0 Å². The molecule has 0 unspecified atom stereocenters. The first-order chi connectivity index (χ1) is 16.3. The summed E-state index contributed by atoms with van der Waals surface area (Å²) in [5.41, 5.74) is 8.47. The molecular weight excluding hydrogens is 452 g/mol. The minimum Gasteiger partial charge on any atom is -0.491 e. The second kappa shape index (κ2) is 8.64. The summed E-state index contributed by atoms with van der Waals surface area (Å²) in [5, 5.41) is 1.99. The van der Waals surface area contributed by atoms with Gasteiger partial charge in [-0.15, -0.1) is 4.40 Å². The van der Waals surface area contributed by atoms with Crippen LogP contribution in [-0.2, 0) is 10.2 Å². The van der Waals surface area contributed by atoms with Gasteiger partial charge in [-0.2, -0.15) is 8.42 Å². The number of amides is 1. The van der Waals surface area contributed by atoms with Gasteiger partial charge in [0, 0.05) is 12.1 Å². The molecule has 1 fully saturated rings. The Morgan fingerprint density at radius 2 is 2.00 bits per heavy atom. The quantitative estimate of drug-likeness (QED) is 0.595. The maximum absolute atomic E-state index is 13.7. The van der Waals surface area contributed by atoms with Crippen LogP contribution in [0.15, 0.2) is 59.0 Å². The van der Waals surface area contributed by atoms with Crippen LogP contribution in [-0.4, -0.2) is 44.3 Å². The summed E-state index contributed by atoms with van der Waals surface area (Å²) in [6, 6.07) is 16.9. The highest BCUT2D eigenvalue weighted by atomic mass is 32.2. The van der Waals surface area contributed by atoms with Gasteiger partial charge < -0.3 is 15.4 Å². The molecule has 34 heavy (non-hydrogen) atoms. The number of hydrogen-bond acceptors (Lipinski definition) is 5. The Morgan fingerprint density at radius 3 is 2.85 bits per heavy atom. The third-order valence-corrected chi connectivity index (χ3v) is 7.24. The van der Waals surface area contributed by atoms with E-state index in [2.05, 4.69) is 15.2 Å². The van der Waals surface area contributed by atoms with E-state index in [1.54, 1.807) is 18.2 Å². The molecule has 0 aromatic heterocycles. The van der Waals surface area contributed by atoms with Crippen LogP contribution in [0.25, 0.3) is 10.8 Å². The van der Waals surface area contributed by atoms with Gasteiger partial charge in [-0.3, -0.25) is 9.52 Å². The van der Waals surface area contributed by atoms with Gasteiger partial charge in [0.05, 0.1) is 17.3 Å². The first-order valence-corrected chi connectivity index (χ1v) is 12.7. The molecule has 3 N–H and O–H groups in total. The average Bonchev–Trinajstić information content (AvgIpc) is 2.81. The van der Waals surface area contributed by atoms with Gasteiger partial charge in [0.15, 0.2) is 5.84 Å². The number of ether oxygens (including phenoxy) is 1. The highest BCUT2D eigenvalue weighted by Crippen LogP contribution is 2.31. The molecule has 0 bridgehead atoms. The van der Waals surface area contributed by atoms with Crippen molar-refractivity contribution in [1.29, 1.82) is 0 Å². The molecule has 3 aromatic carbocycles. The van der Waals surface area contributed by atoms with Gasteiger partial charge in [0.2, 0.25) is 0 Å². The van der Waals surface area contributed by atoms with E-state index in [-0.39, 0.29) is 24.4 Å². The van der Waals surface area contributed by atoms with E-state index in [0.29, 0.717) is 29.1 Å². The molecule has 0 spiro atoms. The number of piperidine rings is 1. The van der Waals surface area contributed by atoms with Crippen LogP contribution in [0.1, 0.15) is 40.7 Å². The Balaban J connectivity index is 1.41. The highest BCUT2D eigenvalue weighted by Gasteiger charge is 2.30. The molecule has 3 aromatic rings. The Morgan fingerprint density at radius 1 is 1.18 bits per heavy atom. The van der Waals surface area contributed by atoms with Crippen LogP contribution in [0.3, 0.4) is 0 Å². The van der Waals surface area contributed by atoms with Crippen molar-refractivity contribution < 1.29 is 17.9 Å². The molecule has 1 atom stereocenters. The van der Waals surface area contributed by atoms with Gasteiger partial charge in [-0.05, 0) is 55.2 Å². The zero-order chi connectivity index (χ0) is 23.9. The molecule has 1 amide bonds. The van der Waals surface area contributed by atoms with E-state index in [4.69, 9.17) is 10.5 Å². The normalized spacial score (nSPS) is 19.1. The first kappa shape index (κ1) is 22.2. The molecule has 9 heteroatoms. The van der Waals surface area contributed by atoms with E-state index in [0.717, 1.165) is 35.6 Å². The summed E-state index contributed by atoms with van der Waals surface area (Å²) in [6.45, 7) is 2.95. The van der Waals surface area contributed by atoms with Crippen molar-refractivity contribution in [2.75, 3.05) is 17.9 Å². The number of carbonyl (C=O) groups is 1. The third-order valence-electron chi connectivity index (χ3n) is 6.33. The number of fused-ring (bicyclic) bond motifs is 2. The lowest BCUT2D eigenvalue weighted by molar-refractivity contribution is 0.0530. The van der Waals surface area contributed by atoms with Gasteiger partial charge in [0.1, 0.15) is 12.4 Å². The summed E-state index contributed by atoms with van der Waals surface area (Å²) in [4.78, 5) is 15.6. The molecule has 0 aliphatic carbocycles. The number of nitrogens with one attached hydrogen (secondary N) is 1. The fraction of sp³-hybridized carbons (Fsp3) is 0.280. The van der Waals surface area contributed by atoms with Crippen molar-refractivity contribution in [2.45, 2.75) is 32.2 Å². The van der Waals surface area contributed by atoms with E-state index in [1.807, 2.05) is 42.2 Å². The van der Waals surface area contributed by atoms with Crippen LogP contribution in [0, 0.1) is 6.92 Å². The lowest BCUT2D eigenvalue weighted by atomic mass is 9.98. The van der Waals surface area contributed by atoms with Crippen LogP contribution < -0.4 is 15.2 Å². The van der Waals surface area contributed by atoms with Crippen LogP contribution in [0.5, 0.6) is 5.75 Å². The van der Waals surface area contributed by atoms with Crippen LogP contribution >= 0.6 is 0 Å². The number of amidine groups is 1. The van der Waals surface area contributed by atoms with Crippen molar-refractivity contribution in [2.24, 2.45) is 10.1 Å². The number of benzene rings is 3. The Labute approximate surface area is 198 Å². The molecular formula is C25H26N4O4S. The summed E-state index contributed by atoms with van der Waals surface area (Å²) >= 11 is 0. The molecule has 1 saturated heterocycles. The number of hydrogen-bond donors (Lipinski definition) is 2. The number of rotatable bonds is 4. The minimum absolute atomic E-state index is 0.00609. The van der Waals surface area contributed by atoms with Gasteiger partial charge >= 0.3 is 10.2 Å². The number of aryl methyl sites for hydroxylation is 1. The Hall–Kier alpha value is -3.59. The number of likely N-dealkylation sites (tertiary alicyclic amines) is 1. The monoisotopic (exact) mass is 478 g/mol. The van der Waals surface area contributed by atoms with E-state index >= 15 is 0 Å². The van der Waals surface area contributed by atoms with Crippen molar-refractivity contribution in [3.05, 3.63) is 71.3 Å². The third kappa shape index (κ3) is 4.19. The molecule has 2 aliphatic heterocycles. The summed E-state index contributed by atoms with van der Waals surface area (Å²) in [5.74, 6) is 0.306. The summed E-state index contributed by atoms with van der Waals surface area (Å²) < 4.78 is 35.7. The van der Waals surface area contributed by atoms with E-state index in [1.165, 1.54) is 0 Å². The first-order valence-electron chi connectivity index (χ1n) is 11.3. The molecule has 5 rings (SSSR count). The van der Waals surface area contributed by atoms with Crippen LogP contribution in [0.2, 0.25) is 0 Å². The predicted octanol–water partition coefficient (Wildman–Crippen LogP) is 3.60. The standard InChI is InChI=1S/C25H26N4O4S/c1-16-11-12-17-6-4-8-19(20(17)14-16)25(30)29-13-3-2-7-18(29)15-33-22-10-5-9-21-23(22)24(26)28-34(31,32)27-21/h4-6,8-12,14,18,27H,2-3,7,13,15H2,1H3,(H2,26,28)/t18-/m1/s1.